The van der Waals surface area contributed by atoms with Gasteiger partial charge in [0.1, 0.15) is 0 Å². The van der Waals surface area contributed by atoms with Gasteiger partial charge < -0.3 is 11.5 Å². The largest absolute Gasteiger partial charge is 0.397 e. The van der Waals surface area contributed by atoms with Crippen LogP contribution in [0.5, 0.6) is 0 Å². The van der Waals surface area contributed by atoms with Gasteiger partial charge in [-0.1, -0.05) is 0 Å². The molecule has 0 radical (unpaired) electrons. The number of hydrogen-bond acceptors (Lipinski definition) is 3. The molecule has 0 amide bonds. The van der Waals surface area contributed by atoms with Crippen LogP contribution in [0.4, 0.5) is 5.69 Å². The van der Waals surface area contributed by atoms with Crippen LogP contribution >= 0.6 is 0 Å². The van der Waals surface area contributed by atoms with E-state index in [0.717, 1.165) is 5.69 Å². The molecule has 1 heterocycles. The maximum Gasteiger partial charge on any atom is 0.0541 e. The van der Waals surface area contributed by atoms with Gasteiger partial charge in [-0.25, -0.2) is 0 Å². The van der Waals surface area contributed by atoms with E-state index in [1.165, 1.54) is 0 Å². The normalized spacial score (nSPS) is 9.44. The van der Waals surface area contributed by atoms with Gasteiger partial charge in [0.15, 0.2) is 0 Å². The van der Waals surface area contributed by atoms with Crippen molar-refractivity contribution in [3.8, 4) is 0 Å². The maximum absolute atomic E-state index is 5.38. The molecule has 0 unspecified atom stereocenters. The lowest BCUT2D eigenvalue weighted by Crippen LogP contribution is -1.99. The topological polar surface area (TPSA) is 64.9 Å². The predicted molar refractivity (Wildman–Crippen MR) is 36.5 cm³/mol. The summed E-state index contributed by atoms with van der Waals surface area (Å²) in [5.41, 5.74) is 12.2. The highest BCUT2D eigenvalue weighted by molar-refractivity contribution is 5.34. The Morgan fingerprint density at radius 2 is 2.22 bits per heavy atom. The summed E-state index contributed by atoms with van der Waals surface area (Å²) >= 11 is 0. The van der Waals surface area contributed by atoms with Gasteiger partial charge in [0.25, 0.3) is 0 Å². The third-order valence-corrected chi connectivity index (χ3v) is 1.06. The van der Waals surface area contributed by atoms with Crippen molar-refractivity contribution in [3.63, 3.8) is 0 Å². The molecule has 0 atom stereocenters. The van der Waals surface area contributed by atoms with Crippen LogP contribution in [0.15, 0.2) is 18.3 Å². The van der Waals surface area contributed by atoms with Gasteiger partial charge in [-0.2, -0.15) is 0 Å². The fourth-order valence-electron chi connectivity index (χ4n) is 0.557. The Kier molecular flexibility index (Phi) is 1.65. The molecule has 0 aliphatic carbocycles. The van der Waals surface area contributed by atoms with E-state index in [1.807, 2.05) is 6.07 Å². The van der Waals surface area contributed by atoms with Gasteiger partial charge in [-0.3, -0.25) is 4.98 Å². The summed E-state index contributed by atoms with van der Waals surface area (Å²) in [7, 11) is 0. The number of nitrogens with two attached hydrogens (primary N) is 2. The quantitative estimate of drug-likeness (QED) is 0.557. The Hall–Kier alpha value is -1.09. The molecule has 0 aliphatic rings. The van der Waals surface area contributed by atoms with Crippen LogP contribution < -0.4 is 11.5 Å². The first-order chi connectivity index (χ1) is 4.33. The van der Waals surface area contributed by atoms with Crippen LogP contribution in [0.1, 0.15) is 5.69 Å². The molecule has 48 valence electrons. The molecule has 1 rings (SSSR count). The van der Waals surface area contributed by atoms with Gasteiger partial charge >= 0.3 is 0 Å². The zero-order valence-corrected chi connectivity index (χ0v) is 5.04. The van der Waals surface area contributed by atoms with E-state index in [1.54, 1.807) is 12.3 Å². The Morgan fingerprint density at radius 3 is 2.67 bits per heavy atom. The Morgan fingerprint density at radius 1 is 1.44 bits per heavy atom. The molecule has 3 heteroatoms. The van der Waals surface area contributed by atoms with Gasteiger partial charge in [-0.15, -0.1) is 0 Å². The minimum Gasteiger partial charge on any atom is -0.397 e. The van der Waals surface area contributed by atoms with Crippen molar-refractivity contribution in [2.45, 2.75) is 6.54 Å². The van der Waals surface area contributed by atoms with E-state index in [0.29, 0.717) is 12.2 Å². The van der Waals surface area contributed by atoms with Crippen LogP contribution in [0.2, 0.25) is 0 Å². The molecule has 0 spiro atoms. The summed E-state index contributed by atoms with van der Waals surface area (Å²) in [6, 6.07) is 3.60. The summed E-state index contributed by atoms with van der Waals surface area (Å²) in [5, 5.41) is 0. The summed E-state index contributed by atoms with van der Waals surface area (Å²) in [6.45, 7) is 0.472. The van der Waals surface area contributed by atoms with Crippen molar-refractivity contribution in [3.05, 3.63) is 24.0 Å². The second-order valence-corrected chi connectivity index (χ2v) is 1.79. The smallest absolute Gasteiger partial charge is 0.0541 e. The standard InChI is InChI=1S/C6H9N3/c7-3-6-2-1-5(8)4-9-6/h1-2,4H,3,7-8H2. The maximum atomic E-state index is 5.38. The van der Waals surface area contributed by atoms with Gasteiger partial charge in [0.2, 0.25) is 0 Å². The Balaban J connectivity index is 2.88. The predicted octanol–water partition coefficient (Wildman–Crippen LogP) is 0.122. The molecule has 9 heavy (non-hydrogen) atoms. The van der Waals surface area contributed by atoms with Crippen molar-refractivity contribution in [2.24, 2.45) is 5.73 Å². The first-order valence-electron chi connectivity index (χ1n) is 2.73. The second kappa shape index (κ2) is 2.46. The number of nitrogens with zero attached hydrogens (tertiary/aromatic N) is 1. The lowest BCUT2D eigenvalue weighted by Gasteiger charge is -1.93. The summed E-state index contributed by atoms with van der Waals surface area (Å²) in [5.74, 6) is 0. The van der Waals surface area contributed by atoms with Crippen molar-refractivity contribution < 1.29 is 0 Å². The third-order valence-electron chi connectivity index (χ3n) is 1.06. The highest BCUT2D eigenvalue weighted by Gasteiger charge is 1.86. The van der Waals surface area contributed by atoms with E-state index < -0.39 is 0 Å². The zero-order chi connectivity index (χ0) is 6.69. The van der Waals surface area contributed by atoms with Gasteiger partial charge in [0, 0.05) is 6.54 Å². The van der Waals surface area contributed by atoms with Crippen LogP contribution in [0.25, 0.3) is 0 Å². The zero-order valence-electron chi connectivity index (χ0n) is 5.04. The molecule has 0 saturated heterocycles. The van der Waals surface area contributed by atoms with Gasteiger partial charge in [0.05, 0.1) is 17.6 Å². The number of aromatic nitrogens is 1. The van der Waals surface area contributed by atoms with Crippen molar-refractivity contribution in [1.82, 2.24) is 4.98 Å². The summed E-state index contributed by atoms with van der Waals surface area (Å²) in [4.78, 5) is 3.95. The highest BCUT2D eigenvalue weighted by Crippen LogP contribution is 1.98. The average molecular weight is 123 g/mol. The van der Waals surface area contributed by atoms with E-state index >= 15 is 0 Å². The minimum absolute atomic E-state index is 0.472. The highest BCUT2D eigenvalue weighted by atomic mass is 14.7. The summed E-state index contributed by atoms with van der Waals surface area (Å²) < 4.78 is 0. The molecule has 0 fully saturated rings. The third kappa shape index (κ3) is 1.40. The second-order valence-electron chi connectivity index (χ2n) is 1.79. The number of nitrogen functional groups attached to an aromatic ring is 1. The number of pyridine rings is 1. The van der Waals surface area contributed by atoms with Crippen molar-refractivity contribution >= 4 is 5.69 Å². The summed E-state index contributed by atoms with van der Waals surface area (Å²) in [6.07, 6.45) is 1.60. The first-order valence-corrected chi connectivity index (χ1v) is 2.73. The molecule has 1 aromatic heterocycles. The Labute approximate surface area is 53.7 Å². The monoisotopic (exact) mass is 123 g/mol. The number of hydrogen-bond donors (Lipinski definition) is 2. The molecule has 0 bridgehead atoms. The molecule has 0 aliphatic heterocycles. The molecule has 0 aromatic carbocycles. The number of anilines is 1. The molecule has 4 N–H and O–H groups in total. The Bertz CT molecular complexity index is 180. The van der Waals surface area contributed by atoms with E-state index in [2.05, 4.69) is 4.98 Å². The first kappa shape index (κ1) is 6.04. The molecular weight excluding hydrogens is 114 g/mol. The van der Waals surface area contributed by atoms with Crippen LogP contribution in [-0.4, -0.2) is 4.98 Å². The van der Waals surface area contributed by atoms with Crippen LogP contribution in [0, 0.1) is 0 Å². The molecule has 3 nitrogen and oxygen atoms in total. The fraction of sp³-hybridized carbons (Fsp3) is 0.167. The van der Waals surface area contributed by atoms with Crippen molar-refractivity contribution in [2.75, 3.05) is 5.73 Å². The van der Waals surface area contributed by atoms with E-state index in [9.17, 15) is 0 Å². The fourth-order valence-corrected chi connectivity index (χ4v) is 0.557. The van der Waals surface area contributed by atoms with Crippen LogP contribution in [-0.2, 0) is 6.54 Å². The SMILES string of the molecule is NCc1ccc(N)cn1. The van der Waals surface area contributed by atoms with E-state index in [4.69, 9.17) is 11.5 Å². The number of rotatable bonds is 1. The minimum atomic E-state index is 0.472. The average Bonchev–Trinajstić information content (AvgIpc) is 1.90. The van der Waals surface area contributed by atoms with Crippen LogP contribution in [0.3, 0.4) is 0 Å². The van der Waals surface area contributed by atoms with E-state index in [-0.39, 0.29) is 0 Å². The lowest BCUT2D eigenvalue weighted by molar-refractivity contribution is 0.992. The lowest BCUT2D eigenvalue weighted by atomic mass is 10.3. The molecule has 0 saturated carbocycles. The van der Waals surface area contributed by atoms with Crippen molar-refractivity contribution in [1.29, 1.82) is 0 Å². The molecular formula is C6H9N3. The van der Waals surface area contributed by atoms with Gasteiger partial charge in [-0.05, 0) is 12.1 Å². The molecule has 1 aromatic rings.